The van der Waals surface area contributed by atoms with Crippen LogP contribution in [0.5, 0.6) is 0 Å². The van der Waals surface area contributed by atoms with Crippen molar-refractivity contribution in [2.45, 2.75) is 46.1 Å². The van der Waals surface area contributed by atoms with Crippen molar-refractivity contribution in [2.24, 2.45) is 7.05 Å². The topological polar surface area (TPSA) is 29.9 Å². The van der Waals surface area contributed by atoms with Crippen LogP contribution in [0.4, 0.5) is 0 Å². The molecule has 116 valence electrons. The molecule has 3 nitrogen and oxygen atoms in total. The van der Waals surface area contributed by atoms with Gasteiger partial charge < -0.3 is 5.32 Å². The maximum atomic E-state index is 4.50. The van der Waals surface area contributed by atoms with Gasteiger partial charge in [-0.2, -0.15) is 5.10 Å². The second-order valence-corrected chi connectivity index (χ2v) is 7.33. The van der Waals surface area contributed by atoms with Gasteiger partial charge in [-0.3, -0.25) is 4.68 Å². The molecule has 0 aliphatic heterocycles. The molecular formula is C16H24BrN3S. The van der Waals surface area contributed by atoms with Crippen LogP contribution in [0, 0.1) is 6.92 Å². The van der Waals surface area contributed by atoms with Crippen LogP contribution in [0.2, 0.25) is 0 Å². The van der Waals surface area contributed by atoms with Crippen LogP contribution < -0.4 is 5.32 Å². The number of thiophene rings is 1. The summed E-state index contributed by atoms with van der Waals surface area (Å²) in [6.45, 7) is 7.51. The van der Waals surface area contributed by atoms with Gasteiger partial charge in [0.15, 0.2) is 0 Å². The minimum absolute atomic E-state index is 0.362. The lowest BCUT2D eigenvalue weighted by Crippen LogP contribution is -2.24. The number of rotatable bonds is 7. The number of aromatic nitrogens is 2. The summed E-state index contributed by atoms with van der Waals surface area (Å²) in [6, 6.07) is 4.89. The fourth-order valence-corrected chi connectivity index (χ4v) is 3.98. The van der Waals surface area contributed by atoms with E-state index in [2.05, 4.69) is 52.3 Å². The average molecular weight is 370 g/mol. The minimum Gasteiger partial charge on any atom is -0.309 e. The molecule has 1 unspecified atom stereocenters. The largest absolute Gasteiger partial charge is 0.309 e. The zero-order chi connectivity index (χ0) is 15.4. The Hall–Kier alpha value is -0.650. The summed E-state index contributed by atoms with van der Waals surface area (Å²) < 4.78 is 3.13. The molecule has 2 rings (SSSR count). The monoisotopic (exact) mass is 369 g/mol. The average Bonchev–Trinajstić information content (AvgIpc) is 3.03. The third-order valence-corrected chi connectivity index (χ3v) is 6.05. The van der Waals surface area contributed by atoms with Crippen molar-refractivity contribution in [3.8, 4) is 0 Å². The number of halogens is 1. The summed E-state index contributed by atoms with van der Waals surface area (Å²) in [5.74, 6) is 0. The first-order valence-electron chi connectivity index (χ1n) is 7.56. The Labute approximate surface area is 139 Å². The highest BCUT2D eigenvalue weighted by atomic mass is 79.9. The van der Waals surface area contributed by atoms with E-state index in [1.54, 1.807) is 0 Å². The Bertz CT molecular complexity index is 588. The van der Waals surface area contributed by atoms with E-state index in [9.17, 15) is 0 Å². The van der Waals surface area contributed by atoms with Crippen molar-refractivity contribution >= 4 is 27.3 Å². The fraction of sp³-hybridized carbons (Fsp3) is 0.562. The quantitative estimate of drug-likeness (QED) is 0.783. The Kier molecular flexibility index (Phi) is 6.02. The third kappa shape index (κ3) is 3.96. The van der Waals surface area contributed by atoms with Gasteiger partial charge in [-0.05, 0) is 54.4 Å². The first-order valence-corrected chi connectivity index (χ1v) is 9.17. The molecule has 2 aromatic rings. The van der Waals surface area contributed by atoms with E-state index < -0.39 is 0 Å². The second-order valence-electron chi connectivity index (χ2n) is 5.34. The first-order chi connectivity index (χ1) is 10.1. The summed E-state index contributed by atoms with van der Waals surface area (Å²) in [6.07, 6.45) is 3.22. The van der Waals surface area contributed by atoms with Crippen LogP contribution in [0.3, 0.4) is 0 Å². The summed E-state index contributed by atoms with van der Waals surface area (Å²) >= 11 is 5.60. The number of hydrogen-bond donors (Lipinski definition) is 1. The fourth-order valence-electron chi connectivity index (χ4n) is 2.46. The molecule has 0 bridgehead atoms. The van der Waals surface area contributed by atoms with Gasteiger partial charge in [-0.25, -0.2) is 0 Å². The highest BCUT2D eigenvalue weighted by molar-refractivity contribution is 9.10. The van der Waals surface area contributed by atoms with E-state index in [0.29, 0.717) is 6.04 Å². The molecule has 21 heavy (non-hydrogen) atoms. The normalized spacial score (nSPS) is 12.8. The van der Waals surface area contributed by atoms with Crippen LogP contribution in [0.15, 0.2) is 16.6 Å². The third-order valence-electron chi connectivity index (χ3n) is 3.67. The standard InChI is InChI=1S/C16H24BrN3S/c1-5-9-18-13(15-8-7-12(6-2)21-15)10-14-16(17)11(3)19-20(14)4/h7-8,13,18H,5-6,9-10H2,1-4H3. The number of aryl methyl sites for hydroxylation is 3. The smallest absolute Gasteiger partial charge is 0.0738 e. The predicted octanol–water partition coefficient (Wildman–Crippen LogP) is 4.40. The minimum atomic E-state index is 0.362. The molecule has 0 fully saturated rings. The van der Waals surface area contributed by atoms with Crippen molar-refractivity contribution in [1.82, 2.24) is 15.1 Å². The van der Waals surface area contributed by atoms with E-state index in [1.165, 1.54) is 15.4 Å². The predicted molar refractivity (Wildman–Crippen MR) is 94.1 cm³/mol. The van der Waals surface area contributed by atoms with Gasteiger partial charge in [0.2, 0.25) is 0 Å². The lowest BCUT2D eigenvalue weighted by molar-refractivity contribution is 0.518. The zero-order valence-corrected chi connectivity index (χ0v) is 15.6. The molecule has 2 heterocycles. The Morgan fingerprint density at radius 3 is 2.67 bits per heavy atom. The molecule has 0 aromatic carbocycles. The highest BCUT2D eigenvalue weighted by Crippen LogP contribution is 2.30. The summed E-state index contributed by atoms with van der Waals surface area (Å²) in [4.78, 5) is 2.87. The molecule has 1 atom stereocenters. The van der Waals surface area contributed by atoms with Gasteiger partial charge in [-0.15, -0.1) is 11.3 Å². The van der Waals surface area contributed by atoms with Crippen LogP contribution in [-0.4, -0.2) is 16.3 Å². The van der Waals surface area contributed by atoms with Gasteiger partial charge in [0.25, 0.3) is 0 Å². The van der Waals surface area contributed by atoms with E-state index in [1.807, 2.05) is 30.0 Å². The molecule has 0 aliphatic rings. The first kappa shape index (κ1) is 16.7. The molecule has 2 aromatic heterocycles. The number of hydrogen-bond acceptors (Lipinski definition) is 3. The molecule has 1 N–H and O–H groups in total. The SMILES string of the molecule is CCCNC(Cc1c(Br)c(C)nn1C)c1ccc(CC)s1. The van der Waals surface area contributed by atoms with Crippen LogP contribution in [-0.2, 0) is 19.9 Å². The molecule has 0 aliphatic carbocycles. The molecule has 0 radical (unpaired) electrons. The van der Waals surface area contributed by atoms with Gasteiger partial charge >= 0.3 is 0 Å². The molecule has 0 saturated carbocycles. The number of nitrogens with one attached hydrogen (secondary N) is 1. The summed E-state index contributed by atoms with van der Waals surface area (Å²) in [5, 5.41) is 8.19. The van der Waals surface area contributed by atoms with Crippen molar-refractivity contribution < 1.29 is 0 Å². The molecule has 0 saturated heterocycles. The summed E-state index contributed by atoms with van der Waals surface area (Å²) in [5.41, 5.74) is 2.31. The van der Waals surface area contributed by atoms with Crippen LogP contribution >= 0.6 is 27.3 Å². The van der Waals surface area contributed by atoms with Gasteiger partial charge in [0, 0.05) is 29.3 Å². The van der Waals surface area contributed by atoms with Crippen molar-refractivity contribution in [1.29, 1.82) is 0 Å². The van der Waals surface area contributed by atoms with Crippen molar-refractivity contribution in [3.05, 3.63) is 37.7 Å². The summed E-state index contributed by atoms with van der Waals surface area (Å²) in [7, 11) is 2.02. The van der Waals surface area contributed by atoms with E-state index in [-0.39, 0.29) is 0 Å². The van der Waals surface area contributed by atoms with Gasteiger partial charge in [0.05, 0.1) is 15.9 Å². The van der Waals surface area contributed by atoms with E-state index >= 15 is 0 Å². The zero-order valence-electron chi connectivity index (χ0n) is 13.2. The Morgan fingerprint density at radius 2 is 2.14 bits per heavy atom. The van der Waals surface area contributed by atoms with Crippen LogP contribution in [0.25, 0.3) is 0 Å². The second kappa shape index (κ2) is 7.56. The Balaban J connectivity index is 2.23. The van der Waals surface area contributed by atoms with E-state index in [4.69, 9.17) is 0 Å². The molecule has 0 amide bonds. The molecule has 0 spiro atoms. The lowest BCUT2D eigenvalue weighted by Gasteiger charge is -2.17. The maximum absolute atomic E-state index is 4.50. The van der Waals surface area contributed by atoms with Crippen LogP contribution in [0.1, 0.15) is 47.5 Å². The number of nitrogens with zero attached hydrogens (tertiary/aromatic N) is 2. The Morgan fingerprint density at radius 1 is 1.38 bits per heavy atom. The maximum Gasteiger partial charge on any atom is 0.0738 e. The van der Waals surface area contributed by atoms with Crippen molar-refractivity contribution in [3.63, 3.8) is 0 Å². The molecular weight excluding hydrogens is 346 g/mol. The van der Waals surface area contributed by atoms with Gasteiger partial charge in [-0.1, -0.05) is 13.8 Å². The highest BCUT2D eigenvalue weighted by Gasteiger charge is 2.19. The van der Waals surface area contributed by atoms with Gasteiger partial charge in [0.1, 0.15) is 0 Å². The van der Waals surface area contributed by atoms with E-state index in [0.717, 1.165) is 36.0 Å². The lowest BCUT2D eigenvalue weighted by atomic mass is 10.1. The molecule has 5 heteroatoms. The van der Waals surface area contributed by atoms with Crippen molar-refractivity contribution in [2.75, 3.05) is 6.54 Å².